The van der Waals surface area contributed by atoms with Crippen LogP contribution in [0.3, 0.4) is 0 Å². The van der Waals surface area contributed by atoms with E-state index >= 15 is 0 Å². The van der Waals surface area contributed by atoms with Gasteiger partial charge in [0.15, 0.2) is 0 Å². The van der Waals surface area contributed by atoms with Crippen molar-refractivity contribution in [3.8, 4) is 0 Å². The maximum atomic E-state index is 3.90. The Bertz CT molecular complexity index is 212. The molecule has 0 spiro atoms. The largest absolute Gasteiger partial charge is 0.295 e. The molecule has 1 aromatic heterocycles. The lowest BCUT2D eigenvalue weighted by atomic mass is 10.4. The SMILES string of the molecule is CN=Cc1ccc(C)s1. The van der Waals surface area contributed by atoms with E-state index in [1.54, 1.807) is 18.4 Å². The van der Waals surface area contributed by atoms with Crippen LogP contribution in [-0.4, -0.2) is 13.3 Å². The minimum absolute atomic E-state index is 1.23. The second-order valence-electron chi connectivity index (χ2n) is 1.84. The molecule has 48 valence electrons. The van der Waals surface area contributed by atoms with Crippen LogP contribution in [0.2, 0.25) is 0 Å². The van der Waals surface area contributed by atoms with Crippen LogP contribution >= 0.6 is 11.3 Å². The summed E-state index contributed by atoms with van der Waals surface area (Å²) in [7, 11) is 1.79. The number of rotatable bonds is 1. The average molecular weight is 139 g/mol. The Labute approximate surface area is 59.1 Å². The molecule has 0 bridgehead atoms. The predicted octanol–water partition coefficient (Wildman–Crippen LogP) is 2.11. The monoisotopic (exact) mass is 139 g/mol. The highest BCUT2D eigenvalue weighted by Crippen LogP contribution is 2.11. The zero-order chi connectivity index (χ0) is 6.69. The minimum Gasteiger partial charge on any atom is -0.295 e. The molecule has 0 aromatic carbocycles. The molecule has 0 radical (unpaired) electrons. The first-order valence-electron chi connectivity index (χ1n) is 2.81. The summed E-state index contributed by atoms with van der Waals surface area (Å²) in [6, 6.07) is 4.18. The van der Waals surface area contributed by atoms with Gasteiger partial charge in [0.1, 0.15) is 0 Å². The maximum Gasteiger partial charge on any atom is 0.0451 e. The van der Waals surface area contributed by atoms with Gasteiger partial charge in [0.25, 0.3) is 0 Å². The van der Waals surface area contributed by atoms with E-state index in [0.717, 1.165) is 0 Å². The van der Waals surface area contributed by atoms with Crippen molar-refractivity contribution in [1.82, 2.24) is 0 Å². The van der Waals surface area contributed by atoms with Gasteiger partial charge in [-0.05, 0) is 19.1 Å². The first kappa shape index (κ1) is 6.49. The number of thiophene rings is 1. The average Bonchev–Trinajstić information content (AvgIpc) is 2.17. The molecule has 0 N–H and O–H groups in total. The van der Waals surface area contributed by atoms with Crippen LogP contribution in [0.5, 0.6) is 0 Å². The van der Waals surface area contributed by atoms with Gasteiger partial charge in [0.2, 0.25) is 0 Å². The Kier molecular flexibility index (Phi) is 2.01. The number of aryl methyl sites for hydroxylation is 1. The predicted molar refractivity (Wildman–Crippen MR) is 42.6 cm³/mol. The summed E-state index contributed by atoms with van der Waals surface area (Å²) in [5.74, 6) is 0. The van der Waals surface area contributed by atoms with E-state index in [1.807, 2.05) is 6.21 Å². The summed E-state index contributed by atoms with van der Waals surface area (Å²) in [6.07, 6.45) is 1.87. The fourth-order valence-corrected chi connectivity index (χ4v) is 1.45. The van der Waals surface area contributed by atoms with Crippen molar-refractivity contribution in [2.45, 2.75) is 6.92 Å². The van der Waals surface area contributed by atoms with E-state index in [0.29, 0.717) is 0 Å². The third-order valence-electron chi connectivity index (χ3n) is 1.02. The molecule has 9 heavy (non-hydrogen) atoms. The minimum atomic E-state index is 1.23. The Hall–Kier alpha value is -0.630. The maximum absolute atomic E-state index is 3.90. The van der Waals surface area contributed by atoms with Crippen molar-refractivity contribution in [3.63, 3.8) is 0 Å². The van der Waals surface area contributed by atoms with Crippen molar-refractivity contribution in [3.05, 3.63) is 21.9 Å². The third kappa shape index (κ3) is 1.64. The number of hydrogen-bond donors (Lipinski definition) is 0. The molecule has 0 aliphatic heterocycles. The van der Waals surface area contributed by atoms with Crippen molar-refractivity contribution in [1.29, 1.82) is 0 Å². The van der Waals surface area contributed by atoms with Crippen molar-refractivity contribution < 1.29 is 0 Å². The fraction of sp³-hybridized carbons (Fsp3) is 0.286. The molecule has 2 heteroatoms. The molecule has 0 saturated carbocycles. The third-order valence-corrected chi connectivity index (χ3v) is 1.95. The zero-order valence-corrected chi connectivity index (χ0v) is 6.40. The number of aliphatic imine (C=N–C) groups is 1. The Morgan fingerprint density at radius 2 is 2.33 bits per heavy atom. The lowest BCUT2D eigenvalue weighted by Crippen LogP contribution is -1.67. The van der Waals surface area contributed by atoms with Gasteiger partial charge in [-0.3, -0.25) is 4.99 Å². The molecule has 1 rings (SSSR count). The van der Waals surface area contributed by atoms with Crippen LogP contribution in [-0.2, 0) is 0 Å². The second-order valence-corrected chi connectivity index (χ2v) is 3.16. The van der Waals surface area contributed by atoms with Crippen molar-refractivity contribution >= 4 is 17.6 Å². The number of hydrogen-bond acceptors (Lipinski definition) is 2. The molecule has 0 aliphatic carbocycles. The van der Waals surface area contributed by atoms with E-state index in [9.17, 15) is 0 Å². The molecule has 0 fully saturated rings. The van der Waals surface area contributed by atoms with Crippen LogP contribution in [0.1, 0.15) is 9.75 Å². The van der Waals surface area contributed by atoms with Crippen LogP contribution < -0.4 is 0 Å². The molecule has 0 unspecified atom stereocenters. The lowest BCUT2D eigenvalue weighted by molar-refractivity contribution is 1.47. The fourth-order valence-electron chi connectivity index (χ4n) is 0.650. The Morgan fingerprint density at radius 1 is 1.56 bits per heavy atom. The van der Waals surface area contributed by atoms with Gasteiger partial charge in [-0.1, -0.05) is 0 Å². The molecule has 1 heterocycles. The summed E-state index contributed by atoms with van der Waals surface area (Å²) >= 11 is 1.76. The van der Waals surface area contributed by atoms with E-state index in [1.165, 1.54) is 9.75 Å². The van der Waals surface area contributed by atoms with Crippen LogP contribution in [0.15, 0.2) is 17.1 Å². The Morgan fingerprint density at radius 3 is 2.78 bits per heavy atom. The summed E-state index contributed by atoms with van der Waals surface area (Å²) in [4.78, 5) is 6.47. The summed E-state index contributed by atoms with van der Waals surface area (Å²) in [5.41, 5.74) is 0. The van der Waals surface area contributed by atoms with Gasteiger partial charge < -0.3 is 0 Å². The van der Waals surface area contributed by atoms with E-state index in [-0.39, 0.29) is 0 Å². The standard InChI is InChI=1S/C7H9NS/c1-6-3-4-7(9-6)5-8-2/h3-5H,1-2H3. The normalized spacial score (nSPS) is 10.9. The first-order chi connectivity index (χ1) is 4.33. The van der Waals surface area contributed by atoms with Gasteiger partial charge in [-0.15, -0.1) is 11.3 Å². The van der Waals surface area contributed by atoms with Gasteiger partial charge in [0.05, 0.1) is 0 Å². The van der Waals surface area contributed by atoms with Crippen LogP contribution in [0, 0.1) is 6.92 Å². The number of nitrogens with zero attached hydrogens (tertiary/aromatic N) is 1. The quantitative estimate of drug-likeness (QED) is 0.528. The van der Waals surface area contributed by atoms with E-state index < -0.39 is 0 Å². The highest BCUT2D eigenvalue weighted by molar-refractivity contribution is 7.13. The molecule has 1 nitrogen and oxygen atoms in total. The first-order valence-corrected chi connectivity index (χ1v) is 3.63. The molecule has 0 aliphatic rings. The lowest BCUT2D eigenvalue weighted by Gasteiger charge is -1.76. The van der Waals surface area contributed by atoms with Gasteiger partial charge in [0, 0.05) is 23.0 Å². The topological polar surface area (TPSA) is 12.4 Å². The Balaban J connectivity index is 2.85. The highest BCUT2D eigenvalue weighted by atomic mass is 32.1. The van der Waals surface area contributed by atoms with E-state index in [4.69, 9.17) is 0 Å². The summed E-state index contributed by atoms with van der Waals surface area (Å²) in [6.45, 7) is 2.09. The van der Waals surface area contributed by atoms with Crippen LogP contribution in [0.25, 0.3) is 0 Å². The molecule has 0 saturated heterocycles. The molecule has 1 aromatic rings. The highest BCUT2D eigenvalue weighted by Gasteiger charge is 1.88. The second kappa shape index (κ2) is 2.78. The summed E-state index contributed by atoms with van der Waals surface area (Å²) in [5, 5.41) is 0. The molecular formula is C7H9NS. The molecule has 0 atom stereocenters. The van der Waals surface area contributed by atoms with Crippen LogP contribution in [0.4, 0.5) is 0 Å². The zero-order valence-electron chi connectivity index (χ0n) is 5.59. The van der Waals surface area contributed by atoms with Gasteiger partial charge in [-0.2, -0.15) is 0 Å². The van der Waals surface area contributed by atoms with Gasteiger partial charge in [-0.25, -0.2) is 0 Å². The van der Waals surface area contributed by atoms with E-state index in [2.05, 4.69) is 24.0 Å². The molecular weight excluding hydrogens is 130 g/mol. The molecule has 0 amide bonds. The van der Waals surface area contributed by atoms with Gasteiger partial charge >= 0.3 is 0 Å². The van der Waals surface area contributed by atoms with Crippen molar-refractivity contribution in [2.75, 3.05) is 7.05 Å². The smallest absolute Gasteiger partial charge is 0.0451 e. The van der Waals surface area contributed by atoms with Crippen molar-refractivity contribution in [2.24, 2.45) is 4.99 Å². The summed E-state index contributed by atoms with van der Waals surface area (Å²) < 4.78 is 0.